The maximum Gasteiger partial charge on any atom is 0.322 e. The molecule has 3 rings (SSSR count). The maximum atomic E-state index is 13.2. The smallest absolute Gasteiger partial charge is 0.315 e. The molecule has 0 aliphatic heterocycles. The maximum absolute atomic E-state index is 13.2. The molecule has 1 aromatic heterocycles. The minimum absolute atomic E-state index is 0.0324. The molecule has 180 valence electrons. The Bertz CT molecular complexity index is 1270. The Morgan fingerprint density at radius 3 is 2.56 bits per heavy atom. The number of imidazole rings is 1. The van der Waals surface area contributed by atoms with Crippen LogP contribution < -0.4 is 5.32 Å². The van der Waals surface area contributed by atoms with E-state index in [2.05, 4.69) is 16.9 Å². The molecule has 0 unspecified atom stereocenters. The third kappa shape index (κ3) is 6.27. The molecule has 0 atom stereocenters. The fourth-order valence-electron chi connectivity index (χ4n) is 3.60. The highest BCUT2D eigenvalue weighted by Crippen LogP contribution is 2.24. The minimum atomic E-state index is -3.75. The standard InChI is InChI=1S/C25H29ClN4O3S/c1-5-13-29(24(31)28-22-11-9-19(4)10-12-22)16-23-15-27-25(30(23)18(2)3)34(32,33)17-20-7-6-8-21(26)14-20/h5-12,14-15,18H,1,13,16-17H2,2-4H3,(H,28,31). The van der Waals surface area contributed by atoms with E-state index in [0.29, 0.717) is 22.0 Å². The zero-order chi connectivity index (χ0) is 24.9. The molecule has 0 radical (unpaired) electrons. The summed E-state index contributed by atoms with van der Waals surface area (Å²) in [5, 5.41) is 3.32. The van der Waals surface area contributed by atoms with Crippen LogP contribution in [-0.4, -0.2) is 35.4 Å². The van der Waals surface area contributed by atoms with E-state index in [1.165, 1.54) is 6.20 Å². The topological polar surface area (TPSA) is 84.3 Å². The van der Waals surface area contributed by atoms with Gasteiger partial charge >= 0.3 is 6.03 Å². The Morgan fingerprint density at radius 1 is 1.24 bits per heavy atom. The van der Waals surface area contributed by atoms with Crippen LogP contribution in [0.15, 0.2) is 72.5 Å². The predicted molar refractivity (Wildman–Crippen MR) is 136 cm³/mol. The van der Waals surface area contributed by atoms with Gasteiger partial charge in [-0.2, -0.15) is 0 Å². The third-order valence-corrected chi connectivity index (χ3v) is 6.98. The van der Waals surface area contributed by atoms with Crippen LogP contribution in [0.2, 0.25) is 5.02 Å². The van der Waals surface area contributed by atoms with E-state index < -0.39 is 9.84 Å². The number of carbonyl (C=O) groups excluding carboxylic acids is 1. The third-order valence-electron chi connectivity index (χ3n) is 5.17. The first-order chi connectivity index (χ1) is 16.1. The Labute approximate surface area is 206 Å². The summed E-state index contributed by atoms with van der Waals surface area (Å²) < 4.78 is 28.1. The van der Waals surface area contributed by atoms with Gasteiger partial charge in [0.2, 0.25) is 15.0 Å². The second-order valence-corrected chi connectivity index (χ2v) is 10.7. The molecule has 3 aromatic rings. The normalized spacial score (nSPS) is 11.4. The van der Waals surface area contributed by atoms with Crippen LogP contribution >= 0.6 is 11.6 Å². The summed E-state index contributed by atoms with van der Waals surface area (Å²) in [4.78, 5) is 18.8. The molecule has 9 heteroatoms. The molecule has 34 heavy (non-hydrogen) atoms. The summed E-state index contributed by atoms with van der Waals surface area (Å²) in [5.41, 5.74) is 2.96. The number of carbonyl (C=O) groups is 1. The molecule has 2 amide bonds. The summed E-state index contributed by atoms with van der Waals surface area (Å²) in [5.74, 6) is -0.221. The van der Waals surface area contributed by atoms with Crippen molar-refractivity contribution >= 4 is 33.2 Å². The lowest BCUT2D eigenvalue weighted by Crippen LogP contribution is -2.35. The van der Waals surface area contributed by atoms with E-state index in [-0.39, 0.29) is 36.1 Å². The molecule has 0 saturated carbocycles. The average Bonchev–Trinajstić information content (AvgIpc) is 3.20. The van der Waals surface area contributed by atoms with Gasteiger partial charge in [0, 0.05) is 23.3 Å². The van der Waals surface area contributed by atoms with E-state index in [4.69, 9.17) is 11.6 Å². The van der Waals surface area contributed by atoms with Crippen molar-refractivity contribution in [1.82, 2.24) is 14.5 Å². The van der Waals surface area contributed by atoms with Gasteiger partial charge in [-0.25, -0.2) is 18.2 Å². The van der Waals surface area contributed by atoms with Crippen LogP contribution in [0.1, 0.15) is 36.7 Å². The lowest BCUT2D eigenvalue weighted by Gasteiger charge is -2.24. The van der Waals surface area contributed by atoms with Crippen molar-refractivity contribution in [1.29, 1.82) is 0 Å². The molecule has 1 N–H and O–H groups in total. The van der Waals surface area contributed by atoms with E-state index in [1.54, 1.807) is 39.8 Å². The highest BCUT2D eigenvalue weighted by atomic mass is 35.5. The van der Waals surface area contributed by atoms with Gasteiger partial charge < -0.3 is 14.8 Å². The number of nitrogens with zero attached hydrogens (tertiary/aromatic N) is 3. The van der Waals surface area contributed by atoms with E-state index in [9.17, 15) is 13.2 Å². The van der Waals surface area contributed by atoms with Crippen molar-refractivity contribution in [3.8, 4) is 0 Å². The van der Waals surface area contributed by atoms with Crippen molar-refractivity contribution < 1.29 is 13.2 Å². The van der Waals surface area contributed by atoms with Crippen molar-refractivity contribution in [2.24, 2.45) is 0 Å². The van der Waals surface area contributed by atoms with Crippen molar-refractivity contribution in [2.45, 2.75) is 44.3 Å². The van der Waals surface area contributed by atoms with Crippen LogP contribution in [0, 0.1) is 6.92 Å². The molecule has 0 fully saturated rings. The van der Waals surface area contributed by atoms with Crippen LogP contribution in [0.5, 0.6) is 0 Å². The number of anilines is 1. The second kappa shape index (κ2) is 10.9. The zero-order valence-electron chi connectivity index (χ0n) is 19.5. The fraction of sp³-hybridized carbons (Fsp3) is 0.280. The number of aryl methyl sites for hydroxylation is 1. The molecule has 0 saturated heterocycles. The first-order valence-electron chi connectivity index (χ1n) is 10.9. The number of amides is 2. The predicted octanol–water partition coefficient (Wildman–Crippen LogP) is 5.62. The number of sulfone groups is 1. The van der Waals surface area contributed by atoms with E-state index in [0.717, 1.165) is 5.56 Å². The fourth-order valence-corrected chi connectivity index (χ4v) is 5.40. The van der Waals surface area contributed by atoms with Crippen molar-refractivity contribution in [3.05, 3.63) is 89.2 Å². The molecule has 0 spiro atoms. The number of nitrogens with one attached hydrogen (secondary N) is 1. The average molecular weight is 501 g/mol. The monoisotopic (exact) mass is 500 g/mol. The summed E-state index contributed by atoms with van der Waals surface area (Å²) >= 11 is 6.02. The number of rotatable bonds is 9. The summed E-state index contributed by atoms with van der Waals surface area (Å²) in [6.45, 7) is 9.94. The van der Waals surface area contributed by atoms with E-state index in [1.807, 2.05) is 45.0 Å². The molecule has 0 bridgehead atoms. The zero-order valence-corrected chi connectivity index (χ0v) is 21.1. The summed E-state index contributed by atoms with van der Waals surface area (Å²) in [7, 11) is -3.75. The number of hydrogen-bond acceptors (Lipinski definition) is 4. The molecular weight excluding hydrogens is 472 g/mol. The number of halogens is 1. The molecule has 7 nitrogen and oxygen atoms in total. The quantitative estimate of drug-likeness (QED) is 0.386. The second-order valence-electron chi connectivity index (χ2n) is 8.35. The van der Waals surface area contributed by atoms with Gasteiger partial charge in [-0.3, -0.25) is 0 Å². The summed E-state index contributed by atoms with van der Waals surface area (Å²) in [6, 6.07) is 13.7. The highest BCUT2D eigenvalue weighted by molar-refractivity contribution is 7.90. The first kappa shape index (κ1) is 25.5. The van der Waals surface area contributed by atoms with Gasteiger partial charge in [0.1, 0.15) is 0 Å². The molecule has 1 heterocycles. The Hall–Kier alpha value is -3.10. The van der Waals surface area contributed by atoms with Gasteiger partial charge in [-0.05, 0) is 50.6 Å². The van der Waals surface area contributed by atoms with Crippen molar-refractivity contribution in [3.63, 3.8) is 0 Å². The van der Waals surface area contributed by atoms with Crippen LogP contribution in [0.4, 0.5) is 10.5 Å². The number of urea groups is 1. The van der Waals surface area contributed by atoms with E-state index >= 15 is 0 Å². The first-order valence-corrected chi connectivity index (χ1v) is 12.9. The van der Waals surface area contributed by atoms with Gasteiger partial charge in [-0.15, -0.1) is 6.58 Å². The van der Waals surface area contributed by atoms with Crippen molar-refractivity contribution in [2.75, 3.05) is 11.9 Å². The molecule has 0 aliphatic carbocycles. The molecule has 0 aliphatic rings. The highest BCUT2D eigenvalue weighted by Gasteiger charge is 2.27. The van der Waals surface area contributed by atoms with Gasteiger partial charge in [0.25, 0.3) is 0 Å². The SMILES string of the molecule is C=CCN(Cc1cnc(S(=O)(=O)Cc2cccc(Cl)c2)n1C(C)C)C(=O)Nc1ccc(C)cc1. The molecular formula is C25H29ClN4O3S. The van der Waals surface area contributed by atoms with Gasteiger partial charge in [-0.1, -0.05) is 47.5 Å². The number of aromatic nitrogens is 2. The van der Waals surface area contributed by atoms with Gasteiger partial charge in [0.05, 0.1) is 24.2 Å². The van der Waals surface area contributed by atoms with Gasteiger partial charge in [0.15, 0.2) is 0 Å². The lowest BCUT2D eigenvalue weighted by atomic mass is 10.2. The van der Waals surface area contributed by atoms with Crippen LogP contribution in [0.3, 0.4) is 0 Å². The Morgan fingerprint density at radius 2 is 1.94 bits per heavy atom. The molecule has 2 aromatic carbocycles. The number of benzene rings is 2. The summed E-state index contributed by atoms with van der Waals surface area (Å²) in [6.07, 6.45) is 3.14. The van der Waals surface area contributed by atoms with Crippen LogP contribution in [-0.2, 0) is 22.1 Å². The van der Waals surface area contributed by atoms with Crippen LogP contribution in [0.25, 0.3) is 0 Å². The largest absolute Gasteiger partial charge is 0.322 e. The minimum Gasteiger partial charge on any atom is -0.315 e. The Balaban J connectivity index is 1.87. The number of hydrogen-bond donors (Lipinski definition) is 1. The Kier molecular flexibility index (Phi) is 8.17. The lowest BCUT2D eigenvalue weighted by molar-refractivity contribution is 0.213.